The van der Waals surface area contributed by atoms with E-state index in [4.69, 9.17) is 10.8 Å². The fraction of sp³-hybridized carbons (Fsp3) is 0.286. The Balaban J connectivity index is 1.69. The number of nitrogens with one attached hydrogen (secondary N) is 1. The summed E-state index contributed by atoms with van der Waals surface area (Å²) < 4.78 is 41.5. The number of fused-ring (bicyclic) bond motifs is 1. The number of hydrogen-bond acceptors (Lipinski definition) is 8. The number of carbonyl (C=O) groups is 2. The quantitative estimate of drug-likeness (QED) is 0.367. The van der Waals surface area contributed by atoms with Crippen LogP contribution >= 0.6 is 11.8 Å². The smallest absolute Gasteiger partial charge is 0.480 e. The fourth-order valence-electron chi connectivity index (χ4n) is 3.01. The standard InChI is InChI=1S/C21H20F3N5O5S/c1-11(12-5-7-13(8-6-12)34-21(22,23)24)26-17(30)9-29-19(31)14-3-2-4-16(18(14)27-28-29)35-10-15(25)20(32)33/h2-8,11,15H,9-10,25H2,1H3,(H,26,30)(H,32,33)/t11-,15-/m0/s1. The Bertz CT molecular complexity index is 1280. The molecule has 0 fully saturated rings. The Morgan fingerprint density at radius 2 is 1.91 bits per heavy atom. The van der Waals surface area contributed by atoms with E-state index >= 15 is 0 Å². The summed E-state index contributed by atoms with van der Waals surface area (Å²) in [5.74, 6) is -2.05. The van der Waals surface area contributed by atoms with E-state index in [9.17, 15) is 27.6 Å². The van der Waals surface area contributed by atoms with Gasteiger partial charge in [-0.2, -0.15) is 0 Å². The molecule has 0 spiro atoms. The van der Waals surface area contributed by atoms with Crippen LogP contribution in [0.5, 0.6) is 5.75 Å². The van der Waals surface area contributed by atoms with Crippen LogP contribution in [0.15, 0.2) is 52.2 Å². The Labute approximate surface area is 200 Å². The largest absolute Gasteiger partial charge is 0.573 e. The number of amides is 1. The van der Waals surface area contributed by atoms with Crippen molar-refractivity contribution in [3.63, 3.8) is 0 Å². The Kier molecular flexibility index (Phi) is 7.96. The van der Waals surface area contributed by atoms with Crippen molar-refractivity contribution >= 4 is 34.5 Å². The molecule has 4 N–H and O–H groups in total. The summed E-state index contributed by atoms with van der Waals surface area (Å²) >= 11 is 1.12. The van der Waals surface area contributed by atoms with Crippen LogP contribution in [0.3, 0.4) is 0 Å². The number of carbonyl (C=O) groups excluding carboxylic acids is 1. The van der Waals surface area contributed by atoms with E-state index in [1.54, 1.807) is 19.1 Å². The summed E-state index contributed by atoms with van der Waals surface area (Å²) in [7, 11) is 0. The minimum atomic E-state index is -4.81. The first-order chi connectivity index (χ1) is 16.4. The van der Waals surface area contributed by atoms with Crippen LogP contribution in [0.1, 0.15) is 18.5 Å². The molecule has 0 saturated heterocycles. The van der Waals surface area contributed by atoms with Gasteiger partial charge in [-0.1, -0.05) is 23.4 Å². The maximum atomic E-state index is 12.8. The minimum absolute atomic E-state index is 0.0583. The lowest BCUT2D eigenvalue weighted by Crippen LogP contribution is -2.35. The fourth-order valence-corrected chi connectivity index (χ4v) is 3.98. The summed E-state index contributed by atoms with van der Waals surface area (Å²) in [4.78, 5) is 36.7. The van der Waals surface area contributed by atoms with Crippen LogP contribution in [0.4, 0.5) is 13.2 Å². The van der Waals surface area contributed by atoms with Gasteiger partial charge in [0.1, 0.15) is 23.9 Å². The summed E-state index contributed by atoms with van der Waals surface area (Å²) in [6, 6.07) is 8.10. The maximum Gasteiger partial charge on any atom is 0.573 e. The molecule has 0 aliphatic rings. The highest BCUT2D eigenvalue weighted by Crippen LogP contribution is 2.25. The number of benzene rings is 2. The van der Waals surface area contributed by atoms with E-state index in [1.165, 1.54) is 18.2 Å². The van der Waals surface area contributed by atoms with Gasteiger partial charge in [-0.05, 0) is 36.8 Å². The minimum Gasteiger partial charge on any atom is -0.480 e. The highest BCUT2D eigenvalue weighted by Gasteiger charge is 2.31. The van der Waals surface area contributed by atoms with Crippen molar-refractivity contribution in [2.45, 2.75) is 36.8 Å². The van der Waals surface area contributed by atoms with Crippen molar-refractivity contribution in [3.05, 3.63) is 58.4 Å². The van der Waals surface area contributed by atoms with Gasteiger partial charge in [-0.15, -0.1) is 30.0 Å². The summed E-state index contributed by atoms with van der Waals surface area (Å²) in [5.41, 5.74) is 5.72. The molecule has 3 aromatic rings. The molecule has 0 unspecified atom stereocenters. The number of aliphatic carboxylic acids is 1. The topological polar surface area (TPSA) is 149 Å². The molecule has 1 amide bonds. The van der Waals surface area contributed by atoms with E-state index in [0.717, 1.165) is 28.6 Å². The molecule has 2 atom stereocenters. The third-order valence-corrected chi connectivity index (χ3v) is 5.90. The van der Waals surface area contributed by atoms with E-state index in [-0.39, 0.29) is 22.4 Å². The van der Waals surface area contributed by atoms with Crippen LogP contribution in [0, 0.1) is 0 Å². The van der Waals surface area contributed by atoms with Crippen molar-refractivity contribution in [3.8, 4) is 5.75 Å². The van der Waals surface area contributed by atoms with Crippen molar-refractivity contribution in [1.29, 1.82) is 0 Å². The molecule has 0 saturated carbocycles. The maximum absolute atomic E-state index is 12.8. The molecule has 0 bridgehead atoms. The van der Waals surface area contributed by atoms with E-state index < -0.39 is 42.4 Å². The molecule has 35 heavy (non-hydrogen) atoms. The number of thioether (sulfide) groups is 1. The number of alkyl halides is 3. The van der Waals surface area contributed by atoms with Crippen LogP contribution in [-0.4, -0.2) is 50.1 Å². The molecule has 2 aromatic carbocycles. The molecule has 0 aliphatic carbocycles. The molecule has 1 aromatic heterocycles. The first kappa shape index (κ1) is 26.0. The predicted octanol–water partition coefficient (Wildman–Crippen LogP) is 2.07. The number of rotatable bonds is 9. The third-order valence-electron chi connectivity index (χ3n) is 4.74. The van der Waals surface area contributed by atoms with Gasteiger partial charge in [0.05, 0.1) is 11.4 Å². The van der Waals surface area contributed by atoms with Crippen molar-refractivity contribution in [1.82, 2.24) is 20.3 Å². The van der Waals surface area contributed by atoms with Gasteiger partial charge in [0.2, 0.25) is 5.91 Å². The van der Waals surface area contributed by atoms with Crippen LogP contribution in [0.2, 0.25) is 0 Å². The number of carboxylic acids is 1. The molecule has 14 heteroatoms. The highest BCUT2D eigenvalue weighted by atomic mass is 32.2. The van der Waals surface area contributed by atoms with Crippen LogP contribution in [-0.2, 0) is 16.1 Å². The lowest BCUT2D eigenvalue weighted by Gasteiger charge is -2.16. The van der Waals surface area contributed by atoms with Gasteiger partial charge in [0.15, 0.2) is 0 Å². The van der Waals surface area contributed by atoms with Gasteiger partial charge >= 0.3 is 12.3 Å². The van der Waals surface area contributed by atoms with Gasteiger partial charge in [0.25, 0.3) is 5.56 Å². The summed E-state index contributed by atoms with van der Waals surface area (Å²) in [5, 5.41) is 19.6. The van der Waals surface area contributed by atoms with Gasteiger partial charge < -0.3 is 20.9 Å². The number of halogens is 3. The van der Waals surface area contributed by atoms with E-state index in [2.05, 4.69) is 20.4 Å². The van der Waals surface area contributed by atoms with Crippen LogP contribution in [0.25, 0.3) is 10.9 Å². The SMILES string of the molecule is C[C@H](NC(=O)Cn1nnc2c(SC[C@H](N)C(=O)O)cccc2c1=O)c1ccc(OC(F)(F)F)cc1. The number of aromatic nitrogens is 3. The van der Waals surface area contributed by atoms with Crippen LogP contribution < -0.4 is 21.3 Å². The van der Waals surface area contributed by atoms with Crippen molar-refractivity contribution in [2.24, 2.45) is 5.73 Å². The lowest BCUT2D eigenvalue weighted by atomic mass is 10.1. The number of nitrogens with zero attached hydrogens (tertiary/aromatic N) is 3. The Morgan fingerprint density at radius 1 is 1.23 bits per heavy atom. The first-order valence-electron chi connectivity index (χ1n) is 10.1. The molecule has 0 radical (unpaired) electrons. The number of nitrogens with two attached hydrogens (primary N) is 1. The van der Waals surface area contributed by atoms with Gasteiger partial charge in [0, 0.05) is 10.6 Å². The summed E-state index contributed by atoms with van der Waals surface area (Å²) in [6.07, 6.45) is -4.81. The zero-order valence-electron chi connectivity index (χ0n) is 18.2. The van der Waals surface area contributed by atoms with Gasteiger partial charge in [-0.25, -0.2) is 4.68 Å². The average molecular weight is 511 g/mol. The second-order valence-corrected chi connectivity index (χ2v) is 8.43. The molecule has 3 rings (SSSR count). The zero-order chi connectivity index (χ0) is 25.8. The van der Waals surface area contributed by atoms with E-state index in [1.807, 2.05) is 0 Å². The van der Waals surface area contributed by atoms with Gasteiger partial charge in [-0.3, -0.25) is 14.4 Å². The number of ether oxygens (including phenoxy) is 1. The second kappa shape index (κ2) is 10.7. The first-order valence-corrected chi connectivity index (χ1v) is 11.1. The monoisotopic (exact) mass is 511 g/mol. The predicted molar refractivity (Wildman–Crippen MR) is 120 cm³/mol. The summed E-state index contributed by atoms with van der Waals surface area (Å²) in [6.45, 7) is 1.18. The average Bonchev–Trinajstić information content (AvgIpc) is 2.78. The number of hydrogen-bond donors (Lipinski definition) is 3. The third kappa shape index (κ3) is 6.93. The molecule has 10 nitrogen and oxygen atoms in total. The van der Waals surface area contributed by atoms with Crippen molar-refractivity contribution in [2.75, 3.05) is 5.75 Å². The lowest BCUT2D eigenvalue weighted by molar-refractivity contribution is -0.274. The molecule has 0 aliphatic heterocycles. The molecule has 186 valence electrons. The van der Waals surface area contributed by atoms with E-state index in [0.29, 0.717) is 10.5 Å². The Hall–Kier alpha value is -3.65. The zero-order valence-corrected chi connectivity index (χ0v) is 19.0. The molecular weight excluding hydrogens is 491 g/mol. The normalized spacial score (nSPS) is 13.3. The highest BCUT2D eigenvalue weighted by molar-refractivity contribution is 7.99. The van der Waals surface area contributed by atoms with Crippen molar-refractivity contribution < 1.29 is 32.6 Å². The number of carboxylic acid groups (broad SMARTS) is 1. The Morgan fingerprint density at radius 3 is 2.54 bits per heavy atom. The molecule has 1 heterocycles. The second-order valence-electron chi connectivity index (χ2n) is 7.37. The molecular formula is C21H20F3N5O5S.